The molecule has 2 aromatic heterocycles. The molecule has 6 nitrogen and oxygen atoms in total. The molecule has 4 rings (SSSR count). The summed E-state index contributed by atoms with van der Waals surface area (Å²) < 4.78 is 0. The molecule has 2 saturated heterocycles. The number of anilines is 2. The van der Waals surface area contributed by atoms with Crippen molar-refractivity contribution >= 4 is 36.4 Å². The molecule has 4 heterocycles. The average Bonchev–Trinajstić information content (AvgIpc) is 2.71. The minimum absolute atomic E-state index is 0. The molecular weight excluding hydrogens is 395 g/mol. The summed E-state index contributed by atoms with van der Waals surface area (Å²) in [7, 11) is 0. The first kappa shape index (κ1) is 24.4. The van der Waals surface area contributed by atoms with Crippen LogP contribution < -0.4 is 22.1 Å². The van der Waals surface area contributed by atoms with Gasteiger partial charge < -0.3 is 22.1 Å². The lowest BCUT2D eigenvalue weighted by molar-refractivity contribution is 0.459. The van der Waals surface area contributed by atoms with Gasteiger partial charge in [-0.1, -0.05) is 12.1 Å². The van der Waals surface area contributed by atoms with Gasteiger partial charge >= 0.3 is 0 Å². The van der Waals surface area contributed by atoms with E-state index in [4.69, 9.17) is 11.5 Å². The summed E-state index contributed by atoms with van der Waals surface area (Å²) in [6.45, 7) is 4.48. The van der Waals surface area contributed by atoms with E-state index >= 15 is 0 Å². The third-order valence-corrected chi connectivity index (χ3v) is 5.24. The number of hydrogen-bond donors (Lipinski definition) is 4. The lowest BCUT2D eigenvalue weighted by Crippen LogP contribution is -2.26. The van der Waals surface area contributed by atoms with Crippen LogP contribution in [0.1, 0.15) is 48.6 Å². The highest BCUT2D eigenvalue weighted by molar-refractivity contribution is 5.85. The summed E-state index contributed by atoms with van der Waals surface area (Å²) in [5.74, 6) is 2.57. The van der Waals surface area contributed by atoms with E-state index in [0.717, 1.165) is 26.2 Å². The summed E-state index contributed by atoms with van der Waals surface area (Å²) in [6.07, 6.45) is 8.67. The Balaban J connectivity index is 0.000000261. The number of rotatable bonds is 2. The first-order valence-electron chi connectivity index (χ1n) is 9.56. The topological polar surface area (TPSA) is 102 Å². The average molecular weight is 427 g/mol. The highest BCUT2D eigenvalue weighted by atomic mass is 35.5. The molecule has 2 aliphatic rings. The van der Waals surface area contributed by atoms with Crippen molar-refractivity contribution in [2.45, 2.75) is 37.5 Å². The first-order chi connectivity index (χ1) is 12.7. The molecule has 6 N–H and O–H groups in total. The van der Waals surface area contributed by atoms with Gasteiger partial charge in [0.1, 0.15) is 11.6 Å². The van der Waals surface area contributed by atoms with Crippen LogP contribution in [0.2, 0.25) is 0 Å². The lowest BCUT2D eigenvalue weighted by Gasteiger charge is -2.22. The summed E-state index contributed by atoms with van der Waals surface area (Å²) in [6, 6.07) is 7.96. The van der Waals surface area contributed by atoms with Gasteiger partial charge in [-0.05, 0) is 87.0 Å². The Kier molecular flexibility index (Phi) is 11.2. The molecule has 156 valence electrons. The van der Waals surface area contributed by atoms with Crippen LogP contribution in [0.4, 0.5) is 11.6 Å². The molecule has 2 aliphatic heterocycles. The minimum Gasteiger partial charge on any atom is -0.384 e. The Hall–Kier alpha value is -1.60. The predicted octanol–water partition coefficient (Wildman–Crippen LogP) is 3.11. The lowest BCUT2D eigenvalue weighted by atomic mass is 9.91. The molecule has 0 amide bonds. The second-order valence-electron chi connectivity index (χ2n) is 7.08. The molecule has 0 bridgehead atoms. The molecule has 0 atom stereocenters. The Morgan fingerprint density at radius 3 is 1.29 bits per heavy atom. The summed E-state index contributed by atoms with van der Waals surface area (Å²) in [5.41, 5.74) is 13.7. The van der Waals surface area contributed by atoms with Gasteiger partial charge in [0.2, 0.25) is 0 Å². The molecule has 0 spiro atoms. The summed E-state index contributed by atoms with van der Waals surface area (Å²) >= 11 is 0. The largest absolute Gasteiger partial charge is 0.384 e. The van der Waals surface area contributed by atoms with Crippen molar-refractivity contribution in [3.63, 3.8) is 0 Å². The van der Waals surface area contributed by atoms with Crippen LogP contribution in [0.25, 0.3) is 0 Å². The van der Waals surface area contributed by atoms with Crippen molar-refractivity contribution in [2.24, 2.45) is 0 Å². The maximum Gasteiger partial charge on any atom is 0.123 e. The zero-order chi connectivity index (χ0) is 18.2. The third-order valence-electron chi connectivity index (χ3n) is 5.24. The Morgan fingerprint density at radius 1 is 0.643 bits per heavy atom. The molecule has 8 heteroatoms. The maximum atomic E-state index is 5.53. The number of nitrogen functional groups attached to an aromatic ring is 2. The molecule has 0 saturated carbocycles. The molecule has 0 aliphatic carbocycles. The molecule has 0 radical (unpaired) electrons. The number of nitrogens with one attached hydrogen (secondary N) is 2. The number of nitrogens with zero attached hydrogens (tertiary/aromatic N) is 2. The van der Waals surface area contributed by atoms with Crippen molar-refractivity contribution in [1.29, 1.82) is 0 Å². The van der Waals surface area contributed by atoms with Crippen LogP contribution in [0, 0.1) is 0 Å². The van der Waals surface area contributed by atoms with Gasteiger partial charge in [0.05, 0.1) is 0 Å². The molecule has 2 aromatic rings. The number of nitrogens with two attached hydrogens (primary N) is 2. The zero-order valence-electron chi connectivity index (χ0n) is 16.1. The minimum atomic E-state index is 0. The van der Waals surface area contributed by atoms with Crippen LogP contribution in [-0.4, -0.2) is 36.1 Å². The maximum absolute atomic E-state index is 5.53. The monoisotopic (exact) mass is 426 g/mol. The van der Waals surface area contributed by atoms with Crippen molar-refractivity contribution in [3.8, 4) is 0 Å². The second-order valence-corrected chi connectivity index (χ2v) is 7.08. The second kappa shape index (κ2) is 12.8. The van der Waals surface area contributed by atoms with Crippen molar-refractivity contribution < 1.29 is 0 Å². The van der Waals surface area contributed by atoms with Crippen molar-refractivity contribution in [1.82, 2.24) is 20.6 Å². The normalized spacial score (nSPS) is 17.4. The standard InChI is InChI=1S/2C10H15N3.2ClH/c2*11-10-2-1-9(7-13-10)8-3-5-12-6-4-8;;/h2*1-2,7-8,12H,3-6H2,(H2,11,13);2*1H. The SMILES string of the molecule is Cl.Cl.Nc1ccc(C2CCNCC2)cn1.Nc1ccc(C2CCNCC2)cn1. The van der Waals surface area contributed by atoms with Gasteiger partial charge in [0.25, 0.3) is 0 Å². The zero-order valence-corrected chi connectivity index (χ0v) is 17.8. The molecule has 2 fully saturated rings. The van der Waals surface area contributed by atoms with Gasteiger partial charge in [0, 0.05) is 12.4 Å². The smallest absolute Gasteiger partial charge is 0.123 e. The van der Waals surface area contributed by atoms with Crippen LogP contribution in [0.3, 0.4) is 0 Å². The van der Waals surface area contributed by atoms with Crippen molar-refractivity contribution in [3.05, 3.63) is 47.8 Å². The van der Waals surface area contributed by atoms with E-state index in [2.05, 4.69) is 32.7 Å². The van der Waals surface area contributed by atoms with Crippen LogP contribution >= 0.6 is 24.8 Å². The van der Waals surface area contributed by atoms with Gasteiger partial charge in [-0.15, -0.1) is 24.8 Å². The Morgan fingerprint density at radius 2 is 1.00 bits per heavy atom. The molecule has 28 heavy (non-hydrogen) atoms. The van der Waals surface area contributed by atoms with Crippen LogP contribution in [-0.2, 0) is 0 Å². The fourth-order valence-electron chi connectivity index (χ4n) is 3.63. The Bertz CT molecular complexity index is 594. The summed E-state index contributed by atoms with van der Waals surface area (Å²) in [5, 5.41) is 6.70. The van der Waals surface area contributed by atoms with E-state index in [0.29, 0.717) is 23.5 Å². The highest BCUT2D eigenvalue weighted by Crippen LogP contribution is 2.25. The van der Waals surface area contributed by atoms with E-state index in [1.807, 2.05) is 24.5 Å². The van der Waals surface area contributed by atoms with E-state index in [1.165, 1.54) is 36.8 Å². The van der Waals surface area contributed by atoms with E-state index in [1.54, 1.807) is 0 Å². The number of piperidine rings is 2. The number of hydrogen-bond acceptors (Lipinski definition) is 6. The first-order valence-corrected chi connectivity index (χ1v) is 9.56. The quantitative estimate of drug-likeness (QED) is 0.588. The van der Waals surface area contributed by atoms with Gasteiger partial charge in [0.15, 0.2) is 0 Å². The van der Waals surface area contributed by atoms with E-state index in [9.17, 15) is 0 Å². The van der Waals surface area contributed by atoms with E-state index in [-0.39, 0.29) is 24.8 Å². The fourth-order valence-corrected chi connectivity index (χ4v) is 3.63. The van der Waals surface area contributed by atoms with Crippen LogP contribution in [0.15, 0.2) is 36.7 Å². The number of halogens is 2. The molecule has 0 unspecified atom stereocenters. The van der Waals surface area contributed by atoms with Gasteiger partial charge in [-0.25, -0.2) is 9.97 Å². The third kappa shape index (κ3) is 7.43. The Labute approximate surface area is 180 Å². The van der Waals surface area contributed by atoms with Gasteiger partial charge in [-0.2, -0.15) is 0 Å². The molecule has 0 aromatic carbocycles. The van der Waals surface area contributed by atoms with Gasteiger partial charge in [-0.3, -0.25) is 0 Å². The fraction of sp³-hybridized carbons (Fsp3) is 0.500. The highest BCUT2D eigenvalue weighted by Gasteiger charge is 2.15. The van der Waals surface area contributed by atoms with Crippen molar-refractivity contribution in [2.75, 3.05) is 37.6 Å². The van der Waals surface area contributed by atoms with E-state index < -0.39 is 0 Å². The predicted molar refractivity (Wildman–Crippen MR) is 121 cm³/mol. The van der Waals surface area contributed by atoms with Crippen LogP contribution in [0.5, 0.6) is 0 Å². The summed E-state index contributed by atoms with van der Waals surface area (Å²) in [4.78, 5) is 8.22. The number of aromatic nitrogens is 2. The number of pyridine rings is 2. The molecular formula is C20H32Cl2N6.